The first kappa shape index (κ1) is 16.4. The van der Waals surface area contributed by atoms with E-state index in [1.54, 1.807) is 0 Å². The normalized spacial score (nSPS) is 5.00. The summed E-state index contributed by atoms with van der Waals surface area (Å²) < 4.78 is 0. The summed E-state index contributed by atoms with van der Waals surface area (Å²) in [5.41, 5.74) is 0. The van der Waals surface area contributed by atoms with E-state index in [0.717, 1.165) is 0 Å². The molecule has 0 radical (unpaired) electrons. The maximum atomic E-state index is 4.53. The summed E-state index contributed by atoms with van der Waals surface area (Å²) in [6.07, 6.45) is 0. The molecule has 3 nitrogen and oxygen atoms in total. The van der Waals surface area contributed by atoms with E-state index in [-0.39, 0.29) is 17.9 Å². The number of nitrogens with two attached hydrogens (primary N) is 1. The molecule has 4 heteroatoms. The van der Waals surface area contributed by atoms with Crippen LogP contribution in [0.1, 0.15) is 6.92 Å². The van der Waals surface area contributed by atoms with E-state index < -0.39 is 0 Å². The van der Waals surface area contributed by atoms with Gasteiger partial charge in [-0.1, -0.05) is 0 Å². The average Bonchev–Trinajstić information content (AvgIpc) is 1.37. The summed E-state index contributed by atoms with van der Waals surface area (Å²) in [6, 6.07) is 0. The minimum atomic E-state index is 0. The van der Waals surface area contributed by atoms with Crippen molar-refractivity contribution >= 4 is 12.4 Å². The Morgan fingerprint density at radius 1 is 1.67 bits per heavy atom. The van der Waals surface area contributed by atoms with Crippen molar-refractivity contribution in [3.05, 3.63) is 0 Å². The van der Waals surface area contributed by atoms with Gasteiger partial charge in [0.05, 0.1) is 6.61 Å². The fraction of sp³-hybridized carbons (Fsp3) is 1.00. The second-order valence-electron chi connectivity index (χ2n) is 0.455. The Bertz CT molecular complexity index is 13.5. The van der Waals surface area contributed by atoms with Crippen molar-refractivity contribution in [3.8, 4) is 0 Å². The predicted molar refractivity (Wildman–Crippen MR) is 26.7 cm³/mol. The number of hydrogen-bond donors (Lipinski definition) is 1. The Morgan fingerprint density at radius 3 is 1.83 bits per heavy atom. The number of rotatable bonds is 1. The standard InChI is InChI=1S/C2H7NO.ClH.H2O/c1-2-4-3;;/h2-3H2,1H3;1H;1H2. The molecular weight excluding hydrogens is 105 g/mol. The quantitative estimate of drug-likeness (QED) is 0.468. The van der Waals surface area contributed by atoms with Crippen molar-refractivity contribution in [2.45, 2.75) is 6.92 Å². The minimum Gasteiger partial charge on any atom is -0.412 e. The van der Waals surface area contributed by atoms with E-state index in [9.17, 15) is 0 Å². The third-order valence-corrected chi connectivity index (χ3v) is 0.167. The third kappa shape index (κ3) is 30.6. The van der Waals surface area contributed by atoms with Crippen LogP contribution in [0.4, 0.5) is 0 Å². The maximum Gasteiger partial charge on any atom is 0.0651 e. The first-order chi connectivity index (χ1) is 1.91. The van der Waals surface area contributed by atoms with Gasteiger partial charge >= 0.3 is 0 Å². The molecule has 0 aliphatic heterocycles. The van der Waals surface area contributed by atoms with Gasteiger partial charge in [-0.3, -0.25) is 0 Å². The van der Waals surface area contributed by atoms with E-state index in [0.29, 0.717) is 6.61 Å². The molecule has 42 valence electrons. The summed E-state index contributed by atoms with van der Waals surface area (Å²) in [4.78, 5) is 4.04. The first-order valence-electron chi connectivity index (χ1n) is 1.23. The Hall–Kier alpha value is 0.170. The van der Waals surface area contributed by atoms with Crippen LogP contribution in [-0.4, -0.2) is 12.1 Å². The highest BCUT2D eigenvalue weighted by Gasteiger charge is 1.52. The van der Waals surface area contributed by atoms with Gasteiger partial charge in [-0.05, 0) is 6.92 Å². The van der Waals surface area contributed by atoms with E-state index in [2.05, 4.69) is 10.7 Å². The summed E-state index contributed by atoms with van der Waals surface area (Å²) in [5, 5.41) is 0. The van der Waals surface area contributed by atoms with Crippen LogP contribution >= 0.6 is 12.4 Å². The predicted octanol–water partition coefficient (Wildman–Crippen LogP) is -0.506. The molecule has 6 heavy (non-hydrogen) atoms. The average molecular weight is 116 g/mol. The molecule has 0 heterocycles. The lowest BCUT2D eigenvalue weighted by Crippen LogP contribution is -1.94. The van der Waals surface area contributed by atoms with Crippen LogP contribution in [0.2, 0.25) is 0 Å². The van der Waals surface area contributed by atoms with Gasteiger partial charge in [0.1, 0.15) is 0 Å². The summed E-state index contributed by atoms with van der Waals surface area (Å²) in [5.74, 6) is 4.53. The van der Waals surface area contributed by atoms with Gasteiger partial charge in [0.15, 0.2) is 0 Å². The largest absolute Gasteiger partial charge is 0.412 e. The Balaban J connectivity index is -0.0000000450. The van der Waals surface area contributed by atoms with E-state index in [4.69, 9.17) is 0 Å². The molecule has 4 N–H and O–H groups in total. The molecule has 0 aliphatic carbocycles. The molecule has 0 fully saturated rings. The van der Waals surface area contributed by atoms with Crippen molar-refractivity contribution in [3.63, 3.8) is 0 Å². The molecule has 0 amide bonds. The topological polar surface area (TPSA) is 66.8 Å². The first-order valence-corrected chi connectivity index (χ1v) is 1.23. The zero-order valence-corrected chi connectivity index (χ0v) is 4.42. The van der Waals surface area contributed by atoms with Crippen molar-refractivity contribution in [1.29, 1.82) is 0 Å². The van der Waals surface area contributed by atoms with Gasteiger partial charge in [-0.2, -0.15) is 0 Å². The zero-order chi connectivity index (χ0) is 3.41. The Labute approximate surface area is 43.1 Å². The van der Waals surface area contributed by atoms with E-state index in [1.165, 1.54) is 0 Å². The van der Waals surface area contributed by atoms with Gasteiger partial charge in [0.2, 0.25) is 0 Å². The molecule has 0 aromatic rings. The molecule has 0 rings (SSSR count). The molecule has 0 unspecified atom stereocenters. The lowest BCUT2D eigenvalue weighted by Gasteiger charge is -1.76. The van der Waals surface area contributed by atoms with Crippen LogP contribution in [0.5, 0.6) is 0 Å². The molecule has 0 aromatic heterocycles. The van der Waals surface area contributed by atoms with Gasteiger partial charge in [0, 0.05) is 0 Å². The molecule has 0 atom stereocenters. The van der Waals surface area contributed by atoms with Crippen LogP contribution in [-0.2, 0) is 4.84 Å². The Kier molecular flexibility index (Phi) is 52.2. The fourth-order valence-electron chi connectivity index (χ4n) is 0. The van der Waals surface area contributed by atoms with Gasteiger partial charge in [-0.25, -0.2) is 5.90 Å². The lowest BCUT2D eigenvalue weighted by molar-refractivity contribution is 0.152. The Morgan fingerprint density at radius 2 is 1.83 bits per heavy atom. The van der Waals surface area contributed by atoms with Crippen LogP contribution in [0, 0.1) is 0 Å². The molecular formula is C2H10ClNO2. The van der Waals surface area contributed by atoms with Crippen molar-refractivity contribution < 1.29 is 10.3 Å². The molecule has 0 spiro atoms. The van der Waals surface area contributed by atoms with Crippen LogP contribution < -0.4 is 5.90 Å². The van der Waals surface area contributed by atoms with Gasteiger partial charge in [0.25, 0.3) is 0 Å². The van der Waals surface area contributed by atoms with Crippen LogP contribution in [0.3, 0.4) is 0 Å². The summed E-state index contributed by atoms with van der Waals surface area (Å²) in [6.45, 7) is 2.43. The monoisotopic (exact) mass is 115 g/mol. The number of halogens is 1. The van der Waals surface area contributed by atoms with E-state index in [1.807, 2.05) is 6.92 Å². The second kappa shape index (κ2) is 19.1. The van der Waals surface area contributed by atoms with Crippen LogP contribution in [0.15, 0.2) is 0 Å². The SMILES string of the molecule is CCON.Cl.O. The highest BCUT2D eigenvalue weighted by atomic mass is 35.5. The van der Waals surface area contributed by atoms with Crippen molar-refractivity contribution in [2.24, 2.45) is 5.90 Å². The second-order valence-corrected chi connectivity index (χ2v) is 0.455. The minimum absolute atomic E-state index is 0. The fourth-order valence-corrected chi connectivity index (χ4v) is 0. The summed E-state index contributed by atoms with van der Waals surface area (Å²) >= 11 is 0. The number of hydrogen-bond acceptors (Lipinski definition) is 2. The summed E-state index contributed by atoms with van der Waals surface area (Å²) in [7, 11) is 0. The van der Waals surface area contributed by atoms with Gasteiger partial charge < -0.3 is 10.3 Å². The molecule has 0 aliphatic rings. The zero-order valence-electron chi connectivity index (χ0n) is 3.60. The maximum absolute atomic E-state index is 4.53. The van der Waals surface area contributed by atoms with Crippen molar-refractivity contribution in [2.75, 3.05) is 6.61 Å². The molecule has 0 saturated heterocycles. The molecule has 0 aromatic carbocycles. The van der Waals surface area contributed by atoms with Crippen molar-refractivity contribution in [1.82, 2.24) is 0 Å². The smallest absolute Gasteiger partial charge is 0.0651 e. The van der Waals surface area contributed by atoms with E-state index >= 15 is 0 Å². The third-order valence-electron chi connectivity index (χ3n) is 0.167. The highest BCUT2D eigenvalue weighted by molar-refractivity contribution is 5.85. The van der Waals surface area contributed by atoms with Gasteiger partial charge in [-0.15, -0.1) is 12.4 Å². The lowest BCUT2D eigenvalue weighted by atomic mass is 10.9. The highest BCUT2D eigenvalue weighted by Crippen LogP contribution is 1.46. The molecule has 0 saturated carbocycles. The van der Waals surface area contributed by atoms with Crippen LogP contribution in [0.25, 0.3) is 0 Å². The molecule has 0 bridgehead atoms.